The highest BCUT2D eigenvalue weighted by Crippen LogP contribution is 2.47. The van der Waals surface area contributed by atoms with Crippen molar-refractivity contribution in [2.75, 3.05) is 0 Å². The van der Waals surface area contributed by atoms with Crippen LogP contribution in [0.4, 0.5) is 0 Å². The second-order valence-electron chi connectivity index (χ2n) is 5.36. The maximum Gasteiger partial charge on any atom is 0.135 e. The Morgan fingerprint density at radius 2 is 1.86 bits per heavy atom. The van der Waals surface area contributed by atoms with Crippen LogP contribution < -0.4 is 4.74 Å². The number of benzene rings is 2. The van der Waals surface area contributed by atoms with Crippen LogP contribution in [0.15, 0.2) is 45.3 Å². The minimum absolute atomic E-state index is 0.456. The van der Waals surface area contributed by atoms with Crippen LogP contribution in [-0.2, 0) is 5.60 Å². The van der Waals surface area contributed by atoms with Crippen molar-refractivity contribution in [1.29, 1.82) is 0 Å². The van der Waals surface area contributed by atoms with E-state index in [0.717, 1.165) is 20.1 Å². The van der Waals surface area contributed by atoms with Crippen LogP contribution in [0, 0.1) is 0 Å². The highest BCUT2D eigenvalue weighted by atomic mass is 79.9. The van der Waals surface area contributed by atoms with Crippen LogP contribution in [0.3, 0.4) is 0 Å². The number of rotatable bonds is 1. The molecule has 5 heteroatoms. The predicted molar refractivity (Wildman–Crippen MR) is 90.9 cm³/mol. The number of hydrogen-bond donors (Lipinski definition) is 1. The second-order valence-corrected chi connectivity index (χ2v) is 7.60. The van der Waals surface area contributed by atoms with E-state index >= 15 is 0 Å². The quantitative estimate of drug-likeness (QED) is 0.636. The van der Waals surface area contributed by atoms with Gasteiger partial charge in [0.1, 0.15) is 11.4 Å². The van der Waals surface area contributed by atoms with E-state index in [2.05, 4.69) is 31.9 Å². The Morgan fingerprint density at radius 1 is 1.19 bits per heavy atom. The fourth-order valence-corrected chi connectivity index (χ4v) is 3.97. The molecule has 0 saturated carbocycles. The molecule has 2 aromatic rings. The minimum Gasteiger partial charge on any atom is -0.482 e. The molecule has 0 amide bonds. The van der Waals surface area contributed by atoms with Crippen LogP contribution in [-0.4, -0.2) is 5.11 Å². The first kappa shape index (κ1) is 15.3. The number of fused-ring (bicyclic) bond motifs is 1. The number of aliphatic hydroxyl groups excluding tert-OH is 1. The SMILES string of the molecule is CC1(c2ccc(Br)cc2Cl)C[C@@H](O)c2cc(Br)ccc2O1. The Labute approximate surface area is 145 Å². The monoisotopic (exact) mass is 430 g/mol. The van der Waals surface area contributed by atoms with Gasteiger partial charge in [0.2, 0.25) is 0 Å². The van der Waals surface area contributed by atoms with Gasteiger partial charge in [-0.25, -0.2) is 0 Å². The van der Waals surface area contributed by atoms with Crippen LogP contribution in [0.25, 0.3) is 0 Å². The average molecular weight is 433 g/mol. The summed E-state index contributed by atoms with van der Waals surface area (Å²) in [6.45, 7) is 1.95. The third-order valence-electron chi connectivity index (χ3n) is 3.75. The molecule has 2 aromatic carbocycles. The zero-order valence-corrected chi connectivity index (χ0v) is 15.2. The first-order chi connectivity index (χ1) is 9.89. The number of hydrogen-bond acceptors (Lipinski definition) is 2. The van der Waals surface area contributed by atoms with Crippen molar-refractivity contribution in [3.8, 4) is 5.75 Å². The highest BCUT2D eigenvalue weighted by molar-refractivity contribution is 9.10. The maximum absolute atomic E-state index is 10.5. The van der Waals surface area contributed by atoms with Crippen LogP contribution in [0.1, 0.15) is 30.6 Å². The molecule has 0 saturated heterocycles. The molecular formula is C16H13Br2ClO2. The molecule has 110 valence electrons. The fourth-order valence-electron chi connectivity index (χ4n) is 2.72. The Morgan fingerprint density at radius 3 is 2.57 bits per heavy atom. The molecule has 0 radical (unpaired) electrons. The van der Waals surface area contributed by atoms with Crippen LogP contribution in [0.2, 0.25) is 5.02 Å². The molecule has 1 aliphatic heterocycles. The summed E-state index contributed by atoms with van der Waals surface area (Å²) in [5, 5.41) is 11.1. The molecule has 2 atom stereocenters. The van der Waals surface area contributed by atoms with E-state index < -0.39 is 11.7 Å². The lowest BCUT2D eigenvalue weighted by Crippen LogP contribution is -2.35. The number of ether oxygens (including phenoxy) is 1. The summed E-state index contributed by atoms with van der Waals surface area (Å²) in [4.78, 5) is 0. The molecule has 3 rings (SSSR count). The van der Waals surface area contributed by atoms with Crippen molar-refractivity contribution in [3.63, 3.8) is 0 Å². The van der Waals surface area contributed by atoms with Crippen molar-refractivity contribution in [2.45, 2.75) is 25.0 Å². The molecule has 1 aliphatic rings. The Bertz CT molecular complexity index is 705. The van der Waals surface area contributed by atoms with Gasteiger partial charge in [0.25, 0.3) is 0 Å². The van der Waals surface area contributed by atoms with Crippen molar-refractivity contribution in [2.24, 2.45) is 0 Å². The van der Waals surface area contributed by atoms with Crippen LogP contribution in [0.5, 0.6) is 5.75 Å². The normalized spacial score (nSPS) is 24.3. The lowest BCUT2D eigenvalue weighted by atomic mass is 9.85. The summed E-state index contributed by atoms with van der Waals surface area (Å²) in [5.41, 5.74) is 1.02. The minimum atomic E-state index is -0.655. The molecular weight excluding hydrogens is 419 g/mol. The molecule has 0 fully saturated rings. The predicted octanol–water partition coefficient (Wildman–Crippen LogP) is 5.60. The fraction of sp³-hybridized carbons (Fsp3) is 0.250. The van der Waals surface area contributed by atoms with E-state index in [9.17, 15) is 5.11 Å². The topological polar surface area (TPSA) is 29.5 Å². The average Bonchev–Trinajstić information content (AvgIpc) is 2.39. The van der Waals surface area contributed by atoms with Crippen molar-refractivity contribution in [1.82, 2.24) is 0 Å². The molecule has 1 unspecified atom stereocenters. The Kier molecular flexibility index (Phi) is 4.08. The van der Waals surface area contributed by atoms with Gasteiger partial charge in [0, 0.05) is 31.5 Å². The molecule has 0 bridgehead atoms. The number of aliphatic hydroxyl groups is 1. The molecule has 0 aromatic heterocycles. The molecule has 21 heavy (non-hydrogen) atoms. The first-order valence-electron chi connectivity index (χ1n) is 6.51. The van der Waals surface area contributed by atoms with Crippen molar-refractivity contribution >= 4 is 43.5 Å². The van der Waals surface area contributed by atoms with Gasteiger partial charge in [-0.15, -0.1) is 0 Å². The molecule has 0 aliphatic carbocycles. The lowest BCUT2D eigenvalue weighted by molar-refractivity contribution is -0.00482. The number of halogens is 3. The van der Waals surface area contributed by atoms with Gasteiger partial charge in [0.05, 0.1) is 6.10 Å². The van der Waals surface area contributed by atoms with E-state index in [4.69, 9.17) is 16.3 Å². The lowest BCUT2D eigenvalue weighted by Gasteiger charge is -2.39. The van der Waals surface area contributed by atoms with E-state index in [1.54, 1.807) is 0 Å². The largest absolute Gasteiger partial charge is 0.482 e. The summed E-state index contributed by atoms with van der Waals surface area (Å²) in [7, 11) is 0. The van der Waals surface area contributed by atoms with E-state index in [1.807, 2.05) is 43.3 Å². The van der Waals surface area contributed by atoms with Gasteiger partial charge in [0.15, 0.2) is 0 Å². The molecule has 2 nitrogen and oxygen atoms in total. The van der Waals surface area contributed by atoms with E-state index in [-0.39, 0.29) is 0 Å². The molecule has 1 heterocycles. The summed E-state index contributed by atoms with van der Waals surface area (Å²) < 4.78 is 8.01. The van der Waals surface area contributed by atoms with Gasteiger partial charge in [-0.2, -0.15) is 0 Å². The van der Waals surface area contributed by atoms with Gasteiger partial charge >= 0.3 is 0 Å². The standard InChI is InChI=1S/C16H13Br2ClO2/c1-16(12-4-2-10(18)7-13(12)19)8-14(20)11-6-9(17)3-5-15(11)21-16/h2-7,14,20H,8H2,1H3/t14-,16?/m1/s1. The zero-order valence-electron chi connectivity index (χ0n) is 11.2. The van der Waals surface area contributed by atoms with Gasteiger partial charge in [-0.3, -0.25) is 0 Å². The van der Waals surface area contributed by atoms with Gasteiger partial charge < -0.3 is 9.84 Å². The summed E-state index contributed by atoms with van der Waals surface area (Å²) in [6, 6.07) is 11.4. The van der Waals surface area contributed by atoms with E-state index in [1.165, 1.54) is 0 Å². The Balaban J connectivity index is 2.06. The van der Waals surface area contributed by atoms with Gasteiger partial charge in [-0.05, 0) is 37.3 Å². The zero-order chi connectivity index (χ0) is 15.2. The summed E-state index contributed by atoms with van der Waals surface area (Å²) in [5.74, 6) is 0.693. The van der Waals surface area contributed by atoms with Gasteiger partial charge in [-0.1, -0.05) is 49.5 Å². The van der Waals surface area contributed by atoms with Crippen molar-refractivity contribution < 1.29 is 9.84 Å². The summed E-state index contributed by atoms with van der Waals surface area (Å²) >= 11 is 13.2. The second kappa shape index (κ2) is 5.58. The molecule has 1 N–H and O–H groups in total. The first-order valence-corrected chi connectivity index (χ1v) is 8.47. The Hall–Kier alpha value is -0.550. The van der Waals surface area contributed by atoms with E-state index in [0.29, 0.717) is 17.2 Å². The highest BCUT2D eigenvalue weighted by Gasteiger charge is 2.39. The smallest absolute Gasteiger partial charge is 0.135 e. The third-order valence-corrected chi connectivity index (χ3v) is 5.05. The maximum atomic E-state index is 10.5. The van der Waals surface area contributed by atoms with Crippen molar-refractivity contribution in [3.05, 3.63) is 61.5 Å². The van der Waals surface area contributed by atoms with Crippen LogP contribution >= 0.6 is 43.5 Å². The molecule has 0 spiro atoms. The summed E-state index contributed by atoms with van der Waals surface area (Å²) in [6.07, 6.45) is -0.131. The third kappa shape index (κ3) is 2.87.